The average molecular weight is 295 g/mol. The summed E-state index contributed by atoms with van der Waals surface area (Å²) in [6, 6.07) is 3.98. The van der Waals surface area contributed by atoms with Crippen molar-refractivity contribution in [2.24, 2.45) is 11.8 Å². The number of nitrogens with zero attached hydrogens (tertiary/aromatic N) is 1. The zero-order valence-electron chi connectivity index (χ0n) is 9.53. The number of hydrogen-bond acceptors (Lipinski definition) is 2. The van der Waals surface area contributed by atoms with Crippen molar-refractivity contribution < 1.29 is 4.79 Å². The molecule has 1 aromatic heterocycles. The summed E-state index contributed by atoms with van der Waals surface area (Å²) in [6.07, 6.45) is 6.78. The second-order valence-electron chi connectivity index (χ2n) is 5.10. The maximum atomic E-state index is 12.1. The van der Waals surface area contributed by atoms with Gasteiger partial charge in [0.15, 0.2) is 0 Å². The molecule has 0 aromatic carbocycles. The van der Waals surface area contributed by atoms with Gasteiger partial charge in [-0.05, 0) is 59.2 Å². The first-order valence-corrected chi connectivity index (χ1v) is 6.94. The van der Waals surface area contributed by atoms with Crippen molar-refractivity contribution in [1.82, 2.24) is 10.3 Å². The topological polar surface area (TPSA) is 42.0 Å². The lowest BCUT2D eigenvalue weighted by Gasteiger charge is -2.22. The van der Waals surface area contributed by atoms with E-state index >= 15 is 0 Å². The van der Waals surface area contributed by atoms with E-state index in [1.807, 2.05) is 0 Å². The molecule has 3 atom stereocenters. The van der Waals surface area contributed by atoms with E-state index in [0.717, 1.165) is 12.3 Å². The minimum atomic E-state index is 0.00234. The zero-order chi connectivity index (χ0) is 11.8. The number of rotatable bonds is 2. The molecule has 4 heteroatoms. The first-order chi connectivity index (χ1) is 8.24. The van der Waals surface area contributed by atoms with E-state index in [9.17, 15) is 4.79 Å². The van der Waals surface area contributed by atoms with E-state index in [4.69, 9.17) is 0 Å². The Labute approximate surface area is 109 Å². The molecule has 2 fully saturated rings. The molecule has 17 heavy (non-hydrogen) atoms. The first-order valence-electron chi connectivity index (χ1n) is 6.15. The quantitative estimate of drug-likeness (QED) is 0.852. The molecule has 1 amide bonds. The maximum absolute atomic E-state index is 12.1. The van der Waals surface area contributed by atoms with Crippen LogP contribution in [0.5, 0.6) is 0 Å². The Hall–Kier alpha value is -0.900. The van der Waals surface area contributed by atoms with Crippen LogP contribution in [0.25, 0.3) is 0 Å². The van der Waals surface area contributed by atoms with Gasteiger partial charge in [0.05, 0.1) is 5.56 Å². The fourth-order valence-corrected chi connectivity index (χ4v) is 3.65. The van der Waals surface area contributed by atoms with Crippen LogP contribution >= 0.6 is 15.9 Å². The zero-order valence-corrected chi connectivity index (χ0v) is 11.1. The molecule has 1 heterocycles. The lowest BCUT2D eigenvalue weighted by Crippen LogP contribution is -2.38. The molecule has 90 valence electrons. The van der Waals surface area contributed by atoms with Crippen LogP contribution < -0.4 is 5.32 Å². The SMILES string of the molecule is O=C(NC1CC2CCC1C2)c1cccnc1Br. The number of carbonyl (C=O) groups excluding carboxylic acids is 1. The van der Waals surface area contributed by atoms with Crippen molar-refractivity contribution in [3.8, 4) is 0 Å². The largest absolute Gasteiger partial charge is 0.349 e. The second kappa shape index (κ2) is 4.41. The number of pyridine rings is 1. The highest BCUT2D eigenvalue weighted by Crippen LogP contribution is 2.44. The summed E-state index contributed by atoms with van der Waals surface area (Å²) in [5, 5.41) is 3.16. The molecule has 2 saturated carbocycles. The number of hydrogen-bond donors (Lipinski definition) is 1. The van der Waals surface area contributed by atoms with Gasteiger partial charge in [-0.2, -0.15) is 0 Å². The third-order valence-electron chi connectivity index (χ3n) is 4.06. The molecule has 2 aliphatic carbocycles. The Morgan fingerprint density at radius 2 is 2.29 bits per heavy atom. The van der Waals surface area contributed by atoms with E-state index in [1.165, 1.54) is 19.3 Å². The third-order valence-corrected chi connectivity index (χ3v) is 4.69. The van der Waals surface area contributed by atoms with E-state index < -0.39 is 0 Å². The normalized spacial score (nSPS) is 30.5. The van der Waals surface area contributed by atoms with Gasteiger partial charge in [-0.15, -0.1) is 0 Å². The lowest BCUT2D eigenvalue weighted by molar-refractivity contribution is 0.0921. The summed E-state index contributed by atoms with van der Waals surface area (Å²) >= 11 is 3.32. The fraction of sp³-hybridized carbons (Fsp3) is 0.538. The fourth-order valence-electron chi connectivity index (χ4n) is 3.22. The molecule has 3 nitrogen and oxygen atoms in total. The third kappa shape index (κ3) is 2.10. The second-order valence-corrected chi connectivity index (χ2v) is 5.85. The van der Waals surface area contributed by atoms with Crippen LogP contribution in [0.3, 0.4) is 0 Å². The number of halogens is 1. The van der Waals surface area contributed by atoms with Crippen molar-refractivity contribution in [2.45, 2.75) is 31.7 Å². The average Bonchev–Trinajstić information content (AvgIpc) is 2.91. The van der Waals surface area contributed by atoms with Crippen molar-refractivity contribution in [2.75, 3.05) is 0 Å². The number of fused-ring (bicyclic) bond motifs is 2. The Balaban J connectivity index is 1.70. The van der Waals surface area contributed by atoms with Gasteiger partial charge >= 0.3 is 0 Å². The molecule has 0 radical (unpaired) electrons. The Bertz CT molecular complexity index is 449. The first kappa shape index (κ1) is 11.2. The summed E-state index contributed by atoms with van der Waals surface area (Å²) in [5.74, 6) is 1.56. The number of carbonyl (C=O) groups is 1. The number of amides is 1. The van der Waals surface area contributed by atoms with E-state index in [2.05, 4.69) is 26.2 Å². The maximum Gasteiger partial charge on any atom is 0.254 e. The van der Waals surface area contributed by atoms with Crippen molar-refractivity contribution in [1.29, 1.82) is 0 Å². The Kier molecular flexibility index (Phi) is 2.90. The summed E-state index contributed by atoms with van der Waals surface area (Å²) in [7, 11) is 0. The highest BCUT2D eigenvalue weighted by Gasteiger charge is 2.40. The summed E-state index contributed by atoms with van der Waals surface area (Å²) in [5.41, 5.74) is 0.635. The molecule has 1 N–H and O–H groups in total. The van der Waals surface area contributed by atoms with Crippen molar-refractivity contribution >= 4 is 21.8 Å². The Morgan fingerprint density at radius 3 is 2.94 bits per heavy atom. The molecule has 3 unspecified atom stereocenters. The monoisotopic (exact) mass is 294 g/mol. The standard InChI is InChI=1S/C13H15BrN2O/c14-12-10(2-1-5-15-12)13(17)16-11-7-8-3-4-9(11)6-8/h1-2,5,8-9,11H,3-4,6-7H2,(H,16,17). The number of nitrogens with one attached hydrogen (secondary N) is 1. The highest BCUT2D eigenvalue weighted by molar-refractivity contribution is 9.10. The molecule has 0 saturated heterocycles. The van der Waals surface area contributed by atoms with E-state index in [0.29, 0.717) is 22.1 Å². The van der Waals surface area contributed by atoms with Gasteiger partial charge in [0.2, 0.25) is 0 Å². The smallest absolute Gasteiger partial charge is 0.254 e. The van der Waals surface area contributed by atoms with Crippen LogP contribution in [-0.4, -0.2) is 16.9 Å². The van der Waals surface area contributed by atoms with Crippen LogP contribution in [0, 0.1) is 11.8 Å². The van der Waals surface area contributed by atoms with Crippen molar-refractivity contribution in [3.05, 3.63) is 28.5 Å². The van der Waals surface area contributed by atoms with Gasteiger partial charge in [0, 0.05) is 12.2 Å². The molecule has 0 aliphatic heterocycles. The van der Waals surface area contributed by atoms with Crippen LogP contribution in [0.1, 0.15) is 36.0 Å². The highest BCUT2D eigenvalue weighted by atomic mass is 79.9. The molecule has 3 rings (SSSR count). The van der Waals surface area contributed by atoms with Crippen LogP contribution in [0.2, 0.25) is 0 Å². The molecule has 2 aliphatic rings. The minimum Gasteiger partial charge on any atom is -0.349 e. The van der Waals surface area contributed by atoms with Gasteiger partial charge in [0.1, 0.15) is 4.60 Å². The lowest BCUT2D eigenvalue weighted by atomic mass is 9.95. The molecular formula is C13H15BrN2O. The predicted octanol–water partition coefficient (Wildman–Crippen LogP) is 2.76. The minimum absolute atomic E-state index is 0.00234. The molecule has 1 aromatic rings. The number of aromatic nitrogens is 1. The van der Waals surface area contributed by atoms with Gasteiger partial charge in [-0.3, -0.25) is 4.79 Å². The molecule has 2 bridgehead atoms. The summed E-state index contributed by atoms with van der Waals surface area (Å²) in [4.78, 5) is 16.2. The van der Waals surface area contributed by atoms with Crippen LogP contribution in [0.15, 0.2) is 22.9 Å². The summed E-state index contributed by atoms with van der Waals surface area (Å²) in [6.45, 7) is 0. The van der Waals surface area contributed by atoms with Gasteiger partial charge in [-0.25, -0.2) is 4.98 Å². The van der Waals surface area contributed by atoms with Gasteiger partial charge in [0.25, 0.3) is 5.91 Å². The summed E-state index contributed by atoms with van der Waals surface area (Å²) < 4.78 is 0.626. The molecular weight excluding hydrogens is 280 g/mol. The van der Waals surface area contributed by atoms with Crippen molar-refractivity contribution in [3.63, 3.8) is 0 Å². The van der Waals surface area contributed by atoms with Gasteiger partial charge in [-0.1, -0.05) is 6.42 Å². The van der Waals surface area contributed by atoms with E-state index in [-0.39, 0.29) is 5.91 Å². The Morgan fingerprint density at radius 1 is 1.41 bits per heavy atom. The van der Waals surface area contributed by atoms with Crippen LogP contribution in [-0.2, 0) is 0 Å². The predicted molar refractivity (Wildman–Crippen MR) is 68.6 cm³/mol. The van der Waals surface area contributed by atoms with Crippen LogP contribution in [0.4, 0.5) is 0 Å². The van der Waals surface area contributed by atoms with Gasteiger partial charge < -0.3 is 5.32 Å². The molecule has 0 spiro atoms. The van der Waals surface area contributed by atoms with E-state index in [1.54, 1.807) is 18.3 Å².